The number of carbonyl (C=O) groups excluding carboxylic acids is 1. The minimum atomic E-state index is -0.345. The van der Waals surface area contributed by atoms with Crippen molar-refractivity contribution >= 4 is 17.2 Å². The molecule has 5 nitrogen and oxygen atoms in total. The van der Waals surface area contributed by atoms with Gasteiger partial charge in [0.15, 0.2) is 5.69 Å². The largest absolute Gasteiger partial charge is 0.349 e. The van der Waals surface area contributed by atoms with Gasteiger partial charge in [-0.3, -0.25) is 9.89 Å². The number of hydrogen-bond donors (Lipinski definition) is 3. The third-order valence-electron chi connectivity index (χ3n) is 3.61. The molecule has 0 saturated carbocycles. The minimum Gasteiger partial charge on any atom is -0.349 e. The van der Waals surface area contributed by atoms with Crippen LogP contribution < -0.4 is 11.1 Å². The number of nitrogens with two attached hydrogens (primary N) is 1. The van der Waals surface area contributed by atoms with Crippen LogP contribution in [0.3, 0.4) is 0 Å². The number of aromatic amines is 1. The molecule has 0 fully saturated rings. The van der Waals surface area contributed by atoms with Crippen LogP contribution in [0.2, 0.25) is 0 Å². The molecule has 2 aromatic rings. The van der Waals surface area contributed by atoms with E-state index in [1.807, 2.05) is 31.4 Å². The Hall–Kier alpha value is -1.66. The second-order valence-electron chi connectivity index (χ2n) is 4.90. The van der Waals surface area contributed by atoms with E-state index in [2.05, 4.69) is 15.5 Å². The molecule has 2 heterocycles. The number of hydrogen-bond acceptors (Lipinski definition) is 4. The van der Waals surface area contributed by atoms with E-state index in [0.717, 1.165) is 23.4 Å². The van der Waals surface area contributed by atoms with Crippen molar-refractivity contribution < 1.29 is 4.79 Å². The highest BCUT2D eigenvalue weighted by Gasteiger charge is 2.22. The molecular weight excluding hydrogens is 272 g/mol. The highest BCUT2D eigenvalue weighted by atomic mass is 32.1. The summed E-state index contributed by atoms with van der Waals surface area (Å²) in [6.07, 6.45) is 1.65. The molecule has 0 radical (unpaired) electrons. The third kappa shape index (κ3) is 3.26. The first-order valence-electron chi connectivity index (χ1n) is 6.74. The zero-order chi connectivity index (χ0) is 14.6. The maximum Gasteiger partial charge on any atom is 0.271 e. The second kappa shape index (κ2) is 6.19. The van der Waals surface area contributed by atoms with Crippen LogP contribution in [-0.4, -0.2) is 28.2 Å². The summed E-state index contributed by atoms with van der Waals surface area (Å²) in [5.41, 5.74) is 7.07. The molecule has 0 atom stereocenters. The molecule has 20 heavy (non-hydrogen) atoms. The molecule has 6 heteroatoms. The zero-order valence-corrected chi connectivity index (χ0v) is 12.6. The van der Waals surface area contributed by atoms with Crippen molar-refractivity contribution in [2.24, 2.45) is 5.73 Å². The van der Waals surface area contributed by atoms with Gasteiger partial charge in [0.1, 0.15) is 0 Å². The van der Waals surface area contributed by atoms with Gasteiger partial charge >= 0.3 is 0 Å². The van der Waals surface area contributed by atoms with Gasteiger partial charge in [0.2, 0.25) is 0 Å². The third-order valence-corrected chi connectivity index (χ3v) is 4.51. The summed E-state index contributed by atoms with van der Waals surface area (Å²) in [5, 5.41) is 11.8. The van der Waals surface area contributed by atoms with Crippen molar-refractivity contribution in [3.05, 3.63) is 29.3 Å². The van der Waals surface area contributed by atoms with Crippen LogP contribution in [-0.2, 0) is 0 Å². The average molecular weight is 292 g/mol. The van der Waals surface area contributed by atoms with E-state index in [4.69, 9.17) is 5.73 Å². The smallest absolute Gasteiger partial charge is 0.271 e. The maximum atomic E-state index is 12.1. The van der Waals surface area contributed by atoms with Crippen molar-refractivity contribution in [1.82, 2.24) is 15.5 Å². The first kappa shape index (κ1) is 14.7. The number of nitrogens with one attached hydrogen (secondary N) is 2. The number of H-pyrrole nitrogens is 1. The minimum absolute atomic E-state index is 0.194. The Labute approximate surface area is 122 Å². The molecule has 4 N–H and O–H groups in total. The Morgan fingerprint density at radius 3 is 2.85 bits per heavy atom. The highest BCUT2D eigenvalue weighted by Crippen LogP contribution is 2.22. The zero-order valence-electron chi connectivity index (χ0n) is 11.8. The second-order valence-corrected chi connectivity index (χ2v) is 5.84. The van der Waals surface area contributed by atoms with Gasteiger partial charge in [0.25, 0.3) is 5.91 Å². The predicted octanol–water partition coefficient (Wildman–Crippen LogP) is 2.39. The van der Waals surface area contributed by atoms with Crippen molar-refractivity contribution in [2.45, 2.75) is 32.2 Å². The summed E-state index contributed by atoms with van der Waals surface area (Å²) >= 11 is 1.60. The Kier molecular flexibility index (Phi) is 4.57. The Balaban J connectivity index is 2.00. The van der Waals surface area contributed by atoms with Gasteiger partial charge in [-0.25, -0.2) is 0 Å². The summed E-state index contributed by atoms with van der Waals surface area (Å²) in [6.45, 7) is 4.51. The molecule has 2 rings (SSSR count). The monoisotopic (exact) mass is 292 g/mol. The summed E-state index contributed by atoms with van der Waals surface area (Å²) in [6, 6.07) is 5.71. The fraction of sp³-hybridized carbons (Fsp3) is 0.429. The number of carbonyl (C=O) groups is 1. The van der Waals surface area contributed by atoms with Crippen LogP contribution in [0.25, 0.3) is 10.6 Å². The first-order valence-corrected chi connectivity index (χ1v) is 7.62. The topological polar surface area (TPSA) is 83.8 Å². The molecule has 0 aromatic carbocycles. The Bertz CT molecular complexity index is 558. The van der Waals surface area contributed by atoms with E-state index in [-0.39, 0.29) is 11.4 Å². The lowest BCUT2D eigenvalue weighted by atomic mass is 9.94. The normalized spacial score (nSPS) is 11.6. The lowest BCUT2D eigenvalue weighted by Gasteiger charge is -2.26. The van der Waals surface area contributed by atoms with Gasteiger partial charge in [0, 0.05) is 12.1 Å². The summed E-state index contributed by atoms with van der Waals surface area (Å²) in [4.78, 5) is 13.1. The Morgan fingerprint density at radius 2 is 2.25 bits per heavy atom. The molecule has 1 amide bonds. The van der Waals surface area contributed by atoms with E-state index in [1.54, 1.807) is 17.4 Å². The molecule has 0 unspecified atom stereocenters. The average Bonchev–Trinajstić information content (AvgIpc) is 3.14. The molecule has 0 spiro atoms. The predicted molar refractivity (Wildman–Crippen MR) is 81.7 cm³/mol. The number of nitrogens with zero attached hydrogens (tertiary/aromatic N) is 1. The number of amides is 1. The SMILES string of the molecule is CCC(N)(CC)CNC(=O)c1cc(-c2cccs2)[nH]n1. The quantitative estimate of drug-likeness (QED) is 0.764. The Morgan fingerprint density at radius 1 is 1.50 bits per heavy atom. The fourth-order valence-corrected chi connectivity index (χ4v) is 2.54. The van der Waals surface area contributed by atoms with Gasteiger partial charge in [-0.15, -0.1) is 11.3 Å². The van der Waals surface area contributed by atoms with Gasteiger partial charge in [0.05, 0.1) is 10.6 Å². The fourth-order valence-electron chi connectivity index (χ4n) is 1.84. The van der Waals surface area contributed by atoms with Crippen LogP contribution >= 0.6 is 11.3 Å². The lowest BCUT2D eigenvalue weighted by Crippen LogP contribution is -2.49. The van der Waals surface area contributed by atoms with E-state index in [1.165, 1.54) is 0 Å². The first-order chi connectivity index (χ1) is 9.58. The van der Waals surface area contributed by atoms with E-state index >= 15 is 0 Å². The van der Waals surface area contributed by atoms with Crippen molar-refractivity contribution in [1.29, 1.82) is 0 Å². The molecule has 0 aliphatic heterocycles. The summed E-state index contributed by atoms with van der Waals surface area (Å²) in [5.74, 6) is -0.194. The van der Waals surface area contributed by atoms with Crippen LogP contribution in [0, 0.1) is 0 Å². The van der Waals surface area contributed by atoms with E-state index in [0.29, 0.717) is 12.2 Å². The van der Waals surface area contributed by atoms with Gasteiger partial charge in [-0.05, 0) is 30.4 Å². The van der Waals surface area contributed by atoms with Crippen LogP contribution in [0.1, 0.15) is 37.2 Å². The van der Waals surface area contributed by atoms with Crippen LogP contribution in [0.5, 0.6) is 0 Å². The molecule has 2 aromatic heterocycles. The molecule has 0 bridgehead atoms. The van der Waals surface area contributed by atoms with E-state index < -0.39 is 0 Å². The lowest BCUT2D eigenvalue weighted by molar-refractivity contribution is 0.0937. The number of thiophene rings is 1. The molecular formula is C14H20N4OS. The van der Waals surface area contributed by atoms with Crippen molar-refractivity contribution in [2.75, 3.05) is 6.54 Å². The van der Waals surface area contributed by atoms with Crippen LogP contribution in [0.15, 0.2) is 23.6 Å². The molecule has 0 aliphatic rings. The summed E-state index contributed by atoms with van der Waals surface area (Å²) < 4.78 is 0. The molecule has 0 saturated heterocycles. The number of rotatable bonds is 6. The summed E-state index contributed by atoms with van der Waals surface area (Å²) in [7, 11) is 0. The highest BCUT2D eigenvalue weighted by molar-refractivity contribution is 7.13. The van der Waals surface area contributed by atoms with Crippen molar-refractivity contribution in [3.8, 4) is 10.6 Å². The van der Waals surface area contributed by atoms with Gasteiger partial charge in [-0.2, -0.15) is 5.10 Å². The van der Waals surface area contributed by atoms with Gasteiger partial charge < -0.3 is 11.1 Å². The maximum absolute atomic E-state index is 12.1. The standard InChI is InChI=1S/C14H20N4OS/c1-3-14(15,4-2)9-16-13(19)11-8-10(17-18-11)12-6-5-7-20-12/h5-8H,3-4,9,15H2,1-2H3,(H,16,19)(H,17,18). The molecule has 0 aliphatic carbocycles. The number of aromatic nitrogens is 2. The van der Waals surface area contributed by atoms with E-state index in [9.17, 15) is 4.79 Å². The molecule has 108 valence electrons. The van der Waals surface area contributed by atoms with Crippen molar-refractivity contribution in [3.63, 3.8) is 0 Å². The van der Waals surface area contributed by atoms with Gasteiger partial charge in [-0.1, -0.05) is 19.9 Å². The van der Waals surface area contributed by atoms with Crippen LogP contribution in [0.4, 0.5) is 0 Å².